The van der Waals surface area contributed by atoms with E-state index in [4.69, 9.17) is 0 Å². The van der Waals surface area contributed by atoms with Gasteiger partial charge >= 0.3 is 0 Å². The quantitative estimate of drug-likeness (QED) is 0.676. The summed E-state index contributed by atoms with van der Waals surface area (Å²) < 4.78 is 24.6. The maximum atomic E-state index is 11.5. The number of rotatable bonds is 2. The molecule has 4 heteroatoms. The zero-order valence-electron chi connectivity index (χ0n) is 7.91. The first-order valence-corrected chi connectivity index (χ1v) is 6.77. The van der Waals surface area contributed by atoms with Crippen LogP contribution in [0.25, 0.3) is 0 Å². The van der Waals surface area contributed by atoms with Gasteiger partial charge in [0, 0.05) is 13.1 Å². The zero-order chi connectivity index (χ0) is 9.31. The van der Waals surface area contributed by atoms with Gasteiger partial charge in [-0.25, -0.2) is 12.7 Å². The Bertz CT molecular complexity index is 267. The van der Waals surface area contributed by atoms with Crippen LogP contribution in [-0.2, 0) is 10.0 Å². The lowest BCUT2D eigenvalue weighted by Crippen LogP contribution is -2.30. The molecule has 2 fully saturated rings. The van der Waals surface area contributed by atoms with Gasteiger partial charge in [0.15, 0.2) is 0 Å². The second kappa shape index (κ2) is 3.58. The first kappa shape index (κ1) is 9.46. The van der Waals surface area contributed by atoms with Crippen molar-refractivity contribution < 1.29 is 8.42 Å². The topological polar surface area (TPSA) is 37.4 Å². The summed E-state index contributed by atoms with van der Waals surface area (Å²) in [6, 6.07) is 0. The average Bonchev–Trinajstić information content (AvgIpc) is 2.63. The largest absolute Gasteiger partial charge is 0.214 e. The molecule has 0 radical (unpaired) electrons. The van der Waals surface area contributed by atoms with E-state index in [-0.39, 0.29) is 0 Å². The fourth-order valence-electron chi connectivity index (χ4n) is 2.38. The highest BCUT2D eigenvalue weighted by Crippen LogP contribution is 2.27. The summed E-state index contributed by atoms with van der Waals surface area (Å²) in [6.45, 7) is 1.56. The number of hydrogen-bond acceptors (Lipinski definition) is 2. The molecule has 0 N–H and O–H groups in total. The van der Waals surface area contributed by atoms with Crippen LogP contribution in [0.15, 0.2) is 0 Å². The standard InChI is InChI=1S/C9H17NO2S/c11-13(12)7-3-6-10(13)8-9-4-1-2-5-9/h9H,1-8H2. The summed E-state index contributed by atoms with van der Waals surface area (Å²) in [7, 11) is -2.84. The van der Waals surface area contributed by atoms with Gasteiger partial charge in [0.1, 0.15) is 0 Å². The smallest absolute Gasteiger partial charge is 0.212 e. The van der Waals surface area contributed by atoms with Gasteiger partial charge in [-0.3, -0.25) is 0 Å². The van der Waals surface area contributed by atoms with Crippen LogP contribution in [-0.4, -0.2) is 31.6 Å². The molecule has 2 rings (SSSR count). The third kappa shape index (κ3) is 2.05. The predicted octanol–water partition coefficient (Wildman–Crippen LogP) is 1.21. The van der Waals surface area contributed by atoms with Crippen molar-refractivity contribution in [2.24, 2.45) is 5.92 Å². The normalized spacial score (nSPS) is 29.8. The molecule has 1 aliphatic carbocycles. The van der Waals surface area contributed by atoms with Gasteiger partial charge in [-0.1, -0.05) is 12.8 Å². The van der Waals surface area contributed by atoms with Crippen LogP contribution in [0.5, 0.6) is 0 Å². The lowest BCUT2D eigenvalue weighted by molar-refractivity contribution is 0.365. The van der Waals surface area contributed by atoms with Gasteiger partial charge in [0.05, 0.1) is 5.75 Å². The molecular formula is C9H17NO2S. The maximum absolute atomic E-state index is 11.5. The van der Waals surface area contributed by atoms with Gasteiger partial charge in [-0.05, 0) is 25.2 Å². The molecule has 1 saturated carbocycles. The summed E-state index contributed by atoms with van der Waals surface area (Å²) in [5.41, 5.74) is 0. The zero-order valence-corrected chi connectivity index (χ0v) is 8.72. The molecule has 3 nitrogen and oxygen atoms in total. The van der Waals surface area contributed by atoms with Crippen LogP contribution in [0.1, 0.15) is 32.1 Å². The van der Waals surface area contributed by atoms with Gasteiger partial charge in [-0.2, -0.15) is 0 Å². The average molecular weight is 203 g/mol. The van der Waals surface area contributed by atoms with E-state index in [1.807, 2.05) is 0 Å². The van der Waals surface area contributed by atoms with E-state index >= 15 is 0 Å². The van der Waals surface area contributed by atoms with Crippen LogP contribution in [0.4, 0.5) is 0 Å². The van der Waals surface area contributed by atoms with Crippen molar-refractivity contribution in [3.05, 3.63) is 0 Å². The fourth-order valence-corrected chi connectivity index (χ4v) is 3.97. The Labute approximate surface area is 80.2 Å². The van der Waals surface area contributed by atoms with E-state index < -0.39 is 10.0 Å². The molecule has 0 aromatic carbocycles. The van der Waals surface area contributed by atoms with Crippen molar-refractivity contribution in [1.82, 2.24) is 4.31 Å². The van der Waals surface area contributed by atoms with Crippen LogP contribution in [0, 0.1) is 5.92 Å². The van der Waals surface area contributed by atoms with Gasteiger partial charge in [0.25, 0.3) is 0 Å². The highest BCUT2D eigenvalue weighted by Gasteiger charge is 2.30. The number of hydrogen-bond donors (Lipinski definition) is 0. The van der Waals surface area contributed by atoms with E-state index in [2.05, 4.69) is 0 Å². The summed E-state index contributed by atoms with van der Waals surface area (Å²) in [5, 5.41) is 0. The molecule has 2 aliphatic rings. The highest BCUT2D eigenvalue weighted by atomic mass is 32.2. The Morgan fingerprint density at radius 3 is 2.38 bits per heavy atom. The summed E-state index contributed by atoms with van der Waals surface area (Å²) in [4.78, 5) is 0. The number of sulfonamides is 1. The van der Waals surface area contributed by atoms with E-state index in [0.29, 0.717) is 11.7 Å². The van der Waals surface area contributed by atoms with Crippen molar-refractivity contribution in [2.75, 3.05) is 18.8 Å². The fraction of sp³-hybridized carbons (Fsp3) is 1.00. The minimum atomic E-state index is -2.84. The van der Waals surface area contributed by atoms with E-state index in [1.165, 1.54) is 25.7 Å². The molecule has 0 unspecified atom stereocenters. The van der Waals surface area contributed by atoms with Gasteiger partial charge in [-0.15, -0.1) is 0 Å². The molecular weight excluding hydrogens is 186 g/mol. The van der Waals surface area contributed by atoms with E-state index in [0.717, 1.165) is 19.5 Å². The molecule has 0 aromatic heterocycles. The van der Waals surface area contributed by atoms with Crippen LogP contribution in [0.3, 0.4) is 0 Å². The molecule has 0 amide bonds. The van der Waals surface area contributed by atoms with E-state index in [1.54, 1.807) is 4.31 Å². The molecule has 1 aliphatic heterocycles. The van der Waals surface area contributed by atoms with E-state index in [9.17, 15) is 8.42 Å². The minimum absolute atomic E-state index is 0.375. The molecule has 0 atom stereocenters. The second-order valence-corrected chi connectivity index (χ2v) is 6.27. The molecule has 1 heterocycles. The van der Waals surface area contributed by atoms with Crippen molar-refractivity contribution in [1.29, 1.82) is 0 Å². The lowest BCUT2D eigenvalue weighted by atomic mass is 10.1. The Hall–Kier alpha value is -0.0900. The van der Waals surface area contributed by atoms with Crippen molar-refractivity contribution in [3.63, 3.8) is 0 Å². The van der Waals surface area contributed by atoms with Gasteiger partial charge < -0.3 is 0 Å². The maximum Gasteiger partial charge on any atom is 0.214 e. The predicted molar refractivity (Wildman–Crippen MR) is 51.9 cm³/mol. The Morgan fingerprint density at radius 2 is 1.85 bits per heavy atom. The highest BCUT2D eigenvalue weighted by molar-refractivity contribution is 7.89. The van der Waals surface area contributed by atoms with Crippen LogP contribution < -0.4 is 0 Å². The molecule has 0 spiro atoms. The van der Waals surface area contributed by atoms with Crippen molar-refractivity contribution in [2.45, 2.75) is 32.1 Å². The van der Waals surface area contributed by atoms with Crippen molar-refractivity contribution >= 4 is 10.0 Å². The van der Waals surface area contributed by atoms with Crippen LogP contribution >= 0.6 is 0 Å². The summed E-state index contributed by atoms with van der Waals surface area (Å²) >= 11 is 0. The Kier molecular flexibility index (Phi) is 2.60. The van der Waals surface area contributed by atoms with Gasteiger partial charge in [0.2, 0.25) is 10.0 Å². The number of nitrogens with zero attached hydrogens (tertiary/aromatic N) is 1. The first-order chi connectivity index (χ1) is 6.18. The van der Waals surface area contributed by atoms with Crippen molar-refractivity contribution in [3.8, 4) is 0 Å². The minimum Gasteiger partial charge on any atom is -0.212 e. The SMILES string of the molecule is O=S1(=O)CCCN1CC1CCCC1. The summed E-state index contributed by atoms with van der Waals surface area (Å²) in [5.74, 6) is 1.02. The molecule has 76 valence electrons. The third-order valence-electron chi connectivity index (χ3n) is 3.14. The summed E-state index contributed by atoms with van der Waals surface area (Å²) in [6.07, 6.45) is 5.87. The first-order valence-electron chi connectivity index (χ1n) is 5.16. The molecule has 1 saturated heterocycles. The third-order valence-corrected chi connectivity index (χ3v) is 5.06. The van der Waals surface area contributed by atoms with Crippen LogP contribution in [0.2, 0.25) is 0 Å². The lowest BCUT2D eigenvalue weighted by Gasteiger charge is -2.18. The molecule has 13 heavy (non-hydrogen) atoms. The second-order valence-electron chi connectivity index (χ2n) is 4.18. The molecule has 0 aromatic rings. The molecule has 0 bridgehead atoms. The Balaban J connectivity index is 1.94. The monoisotopic (exact) mass is 203 g/mol. The Morgan fingerprint density at radius 1 is 1.15 bits per heavy atom.